The first-order valence-electron chi connectivity index (χ1n) is 5.49. The number of hydrogen-bond donors (Lipinski definition) is 1. The fraction of sp³-hybridized carbons (Fsp3) is 0.545. The molecular weight excluding hydrogens is 240 g/mol. The Morgan fingerprint density at radius 3 is 2.72 bits per heavy atom. The van der Waals surface area contributed by atoms with Gasteiger partial charge in [0.25, 0.3) is 0 Å². The van der Waals surface area contributed by atoms with Crippen LogP contribution in [-0.4, -0.2) is 54.6 Å². The number of nitrogens with zero attached hydrogens (tertiary/aromatic N) is 2. The monoisotopic (exact) mass is 256 g/mol. The van der Waals surface area contributed by atoms with Gasteiger partial charge in [-0.2, -0.15) is 0 Å². The van der Waals surface area contributed by atoms with E-state index in [2.05, 4.69) is 9.97 Å². The van der Waals surface area contributed by atoms with Crippen LogP contribution in [0.25, 0.3) is 0 Å². The Morgan fingerprint density at radius 1 is 1.22 bits per heavy atom. The molecular formula is C11H16N2O5. The smallest absolute Gasteiger partial charge is 0.360 e. The maximum Gasteiger partial charge on any atom is 0.360 e. The van der Waals surface area contributed by atoms with Crippen molar-refractivity contribution in [2.75, 3.05) is 33.5 Å². The van der Waals surface area contributed by atoms with E-state index in [1.165, 1.54) is 12.4 Å². The van der Waals surface area contributed by atoms with Gasteiger partial charge in [-0.1, -0.05) is 0 Å². The van der Waals surface area contributed by atoms with E-state index in [0.29, 0.717) is 19.8 Å². The molecule has 0 spiro atoms. The molecule has 1 aromatic heterocycles. The summed E-state index contributed by atoms with van der Waals surface area (Å²) in [6.07, 6.45) is 3.49. The summed E-state index contributed by atoms with van der Waals surface area (Å²) in [7, 11) is 1.63. The minimum absolute atomic E-state index is 0.00508. The number of methoxy groups -OCH3 is 1. The van der Waals surface area contributed by atoms with Gasteiger partial charge in [-0.05, 0) is 6.42 Å². The molecule has 0 atom stereocenters. The quantitative estimate of drug-likeness (QED) is 0.647. The second kappa shape index (κ2) is 8.37. The van der Waals surface area contributed by atoms with E-state index in [0.717, 1.165) is 6.42 Å². The van der Waals surface area contributed by atoms with Crippen molar-refractivity contribution in [1.29, 1.82) is 0 Å². The molecule has 0 amide bonds. The molecule has 0 aliphatic rings. The highest BCUT2D eigenvalue weighted by Gasteiger charge is 2.13. The van der Waals surface area contributed by atoms with Crippen LogP contribution in [0.3, 0.4) is 0 Å². The van der Waals surface area contributed by atoms with E-state index in [4.69, 9.17) is 19.3 Å². The summed E-state index contributed by atoms with van der Waals surface area (Å²) in [5.41, 5.74) is -0.197. The molecule has 0 bridgehead atoms. The molecule has 0 aliphatic carbocycles. The molecule has 0 radical (unpaired) electrons. The molecule has 0 aromatic carbocycles. The van der Waals surface area contributed by atoms with Gasteiger partial charge < -0.3 is 19.3 Å². The van der Waals surface area contributed by atoms with Crippen molar-refractivity contribution in [3.8, 4) is 5.88 Å². The molecule has 1 N–H and O–H groups in total. The minimum atomic E-state index is -1.17. The van der Waals surface area contributed by atoms with E-state index in [-0.39, 0.29) is 18.2 Å². The van der Waals surface area contributed by atoms with Gasteiger partial charge in [0.1, 0.15) is 6.61 Å². The third kappa shape index (κ3) is 5.07. The van der Waals surface area contributed by atoms with E-state index < -0.39 is 5.97 Å². The molecule has 0 saturated heterocycles. The lowest BCUT2D eigenvalue weighted by atomic mass is 10.4. The van der Waals surface area contributed by atoms with Gasteiger partial charge in [0.05, 0.1) is 6.61 Å². The van der Waals surface area contributed by atoms with Crippen molar-refractivity contribution in [1.82, 2.24) is 9.97 Å². The molecule has 100 valence electrons. The fourth-order valence-electron chi connectivity index (χ4n) is 1.18. The Balaban J connectivity index is 2.25. The number of rotatable bonds is 9. The van der Waals surface area contributed by atoms with Crippen LogP contribution in [0, 0.1) is 0 Å². The number of carboxylic acids is 1. The molecule has 7 heteroatoms. The van der Waals surface area contributed by atoms with Gasteiger partial charge in [0.2, 0.25) is 11.6 Å². The number of hydrogen-bond acceptors (Lipinski definition) is 6. The standard InChI is InChI=1S/C11H16N2O5/c1-16-5-2-6-17-7-8-18-10-9(11(14)15)12-3-4-13-10/h3-4H,2,5-8H2,1H3,(H,14,15). The Morgan fingerprint density at radius 2 is 2.00 bits per heavy atom. The van der Waals surface area contributed by atoms with Crippen LogP contribution in [0.2, 0.25) is 0 Å². The molecule has 7 nitrogen and oxygen atoms in total. The minimum Gasteiger partial charge on any atom is -0.476 e. The highest BCUT2D eigenvalue weighted by Crippen LogP contribution is 2.10. The molecule has 18 heavy (non-hydrogen) atoms. The van der Waals surface area contributed by atoms with Crippen LogP contribution in [0.15, 0.2) is 12.4 Å². The average Bonchev–Trinajstić information content (AvgIpc) is 2.38. The summed E-state index contributed by atoms with van der Waals surface area (Å²) in [5, 5.41) is 8.84. The van der Waals surface area contributed by atoms with Crippen LogP contribution >= 0.6 is 0 Å². The van der Waals surface area contributed by atoms with Gasteiger partial charge in [0.15, 0.2) is 0 Å². The molecule has 1 heterocycles. The van der Waals surface area contributed by atoms with Crippen molar-refractivity contribution in [2.24, 2.45) is 0 Å². The van der Waals surface area contributed by atoms with E-state index in [1.807, 2.05) is 0 Å². The van der Waals surface area contributed by atoms with Crippen molar-refractivity contribution in [3.05, 3.63) is 18.1 Å². The normalized spacial score (nSPS) is 10.3. The first-order chi connectivity index (χ1) is 8.75. The zero-order valence-electron chi connectivity index (χ0n) is 10.2. The molecule has 0 fully saturated rings. The zero-order valence-corrected chi connectivity index (χ0v) is 10.2. The number of ether oxygens (including phenoxy) is 3. The maximum absolute atomic E-state index is 10.8. The zero-order chi connectivity index (χ0) is 13.2. The lowest BCUT2D eigenvalue weighted by molar-refractivity contribution is 0.0665. The summed E-state index contributed by atoms with van der Waals surface area (Å²) in [5.74, 6) is -1.16. The highest BCUT2D eigenvalue weighted by atomic mass is 16.5. The van der Waals surface area contributed by atoms with Crippen molar-refractivity contribution in [3.63, 3.8) is 0 Å². The van der Waals surface area contributed by atoms with Crippen molar-refractivity contribution >= 4 is 5.97 Å². The second-order valence-corrected chi connectivity index (χ2v) is 3.32. The summed E-state index contributed by atoms with van der Waals surface area (Å²) in [6.45, 7) is 1.81. The molecule has 1 aromatic rings. The Kier molecular flexibility index (Phi) is 6.67. The summed E-state index contributed by atoms with van der Waals surface area (Å²) < 4.78 is 15.3. The Hall–Kier alpha value is -1.73. The van der Waals surface area contributed by atoms with Crippen molar-refractivity contribution < 1.29 is 24.1 Å². The van der Waals surface area contributed by atoms with Crippen LogP contribution in [0.5, 0.6) is 5.88 Å². The van der Waals surface area contributed by atoms with E-state index in [1.54, 1.807) is 7.11 Å². The summed E-state index contributed by atoms with van der Waals surface area (Å²) in [4.78, 5) is 18.3. The molecule has 0 saturated carbocycles. The highest BCUT2D eigenvalue weighted by molar-refractivity contribution is 5.87. The van der Waals surface area contributed by atoms with Gasteiger partial charge >= 0.3 is 5.97 Å². The Bertz CT molecular complexity index is 372. The number of carboxylic acid groups (broad SMARTS) is 1. The first-order valence-corrected chi connectivity index (χ1v) is 5.49. The predicted octanol–water partition coefficient (Wildman–Crippen LogP) is 0.607. The third-order valence-corrected chi connectivity index (χ3v) is 1.97. The third-order valence-electron chi connectivity index (χ3n) is 1.97. The summed E-state index contributed by atoms with van der Waals surface area (Å²) >= 11 is 0. The largest absolute Gasteiger partial charge is 0.476 e. The van der Waals surface area contributed by atoms with Crippen LogP contribution in [0.4, 0.5) is 0 Å². The van der Waals surface area contributed by atoms with E-state index >= 15 is 0 Å². The van der Waals surface area contributed by atoms with Gasteiger partial charge in [-0.3, -0.25) is 0 Å². The Labute approximate surface area is 105 Å². The van der Waals surface area contributed by atoms with Gasteiger partial charge in [0, 0.05) is 32.7 Å². The summed E-state index contributed by atoms with van der Waals surface area (Å²) in [6, 6.07) is 0. The second-order valence-electron chi connectivity index (χ2n) is 3.32. The van der Waals surface area contributed by atoms with Gasteiger partial charge in [-0.25, -0.2) is 14.8 Å². The number of aromatic nitrogens is 2. The maximum atomic E-state index is 10.8. The lowest BCUT2D eigenvalue weighted by Gasteiger charge is -2.07. The average molecular weight is 256 g/mol. The molecule has 1 rings (SSSR count). The lowest BCUT2D eigenvalue weighted by Crippen LogP contribution is -2.12. The number of carbonyl (C=O) groups is 1. The van der Waals surface area contributed by atoms with Crippen LogP contribution in [0.1, 0.15) is 16.9 Å². The van der Waals surface area contributed by atoms with Crippen molar-refractivity contribution in [2.45, 2.75) is 6.42 Å². The van der Waals surface area contributed by atoms with E-state index in [9.17, 15) is 4.79 Å². The fourth-order valence-corrected chi connectivity index (χ4v) is 1.18. The molecule has 0 aliphatic heterocycles. The van der Waals surface area contributed by atoms with Crippen LogP contribution < -0.4 is 4.74 Å². The SMILES string of the molecule is COCCCOCCOc1nccnc1C(=O)O. The van der Waals surface area contributed by atoms with Gasteiger partial charge in [-0.15, -0.1) is 0 Å². The van der Waals surface area contributed by atoms with Crippen LogP contribution in [-0.2, 0) is 9.47 Å². The number of aromatic carboxylic acids is 1. The molecule has 0 unspecified atom stereocenters. The first kappa shape index (κ1) is 14.3. The topological polar surface area (TPSA) is 90.8 Å². The predicted molar refractivity (Wildman–Crippen MR) is 61.8 cm³/mol.